The highest BCUT2D eigenvalue weighted by molar-refractivity contribution is 6.31. The largest absolute Gasteiger partial charge is 0.346 e. The first-order valence-corrected chi connectivity index (χ1v) is 9.25. The molecule has 0 unspecified atom stereocenters. The van der Waals surface area contributed by atoms with Crippen LogP contribution in [0.1, 0.15) is 11.1 Å². The van der Waals surface area contributed by atoms with E-state index in [0.717, 1.165) is 33.3 Å². The molecule has 2 N–H and O–H groups in total. The van der Waals surface area contributed by atoms with Gasteiger partial charge in [-0.1, -0.05) is 35.9 Å². The zero-order valence-corrected chi connectivity index (χ0v) is 16.0. The van der Waals surface area contributed by atoms with E-state index in [9.17, 15) is 4.79 Å². The number of hydrogen-bond acceptors (Lipinski definition) is 2. The summed E-state index contributed by atoms with van der Waals surface area (Å²) in [6, 6.07) is 17.5. The predicted molar refractivity (Wildman–Crippen MR) is 115 cm³/mol. The van der Waals surface area contributed by atoms with E-state index in [1.165, 1.54) is 6.08 Å². The minimum atomic E-state index is -0.208. The number of amides is 1. The number of aryl methyl sites for hydroxylation is 1. The molecular formula is C23H18ClN3O. The van der Waals surface area contributed by atoms with E-state index >= 15 is 0 Å². The lowest BCUT2D eigenvalue weighted by molar-refractivity contribution is -0.111. The molecule has 5 heteroatoms. The van der Waals surface area contributed by atoms with Gasteiger partial charge in [0, 0.05) is 40.1 Å². The Bertz CT molecular complexity index is 1190. The number of carbonyl (C=O) groups excluding carboxylic acids is 1. The number of carbonyl (C=O) groups is 1. The highest BCUT2D eigenvalue weighted by Crippen LogP contribution is 2.24. The molecule has 0 aliphatic carbocycles. The third kappa shape index (κ3) is 3.97. The van der Waals surface area contributed by atoms with Crippen molar-refractivity contribution < 1.29 is 4.79 Å². The van der Waals surface area contributed by atoms with Crippen LogP contribution in [0.3, 0.4) is 0 Å². The summed E-state index contributed by atoms with van der Waals surface area (Å²) in [6.07, 6.45) is 7.02. The van der Waals surface area contributed by atoms with Gasteiger partial charge in [-0.05, 0) is 60.0 Å². The second kappa shape index (κ2) is 7.71. The Kier molecular flexibility index (Phi) is 4.96. The topological polar surface area (TPSA) is 57.8 Å². The van der Waals surface area contributed by atoms with Gasteiger partial charge in [0.05, 0.1) is 0 Å². The SMILES string of the molecule is Cc1ccc(NC(=O)C=Cc2cccc(-c3cnc4[nH]ccc4c3)c2)cc1Cl. The molecule has 0 spiro atoms. The zero-order chi connectivity index (χ0) is 19.5. The van der Waals surface area contributed by atoms with Crippen molar-refractivity contribution in [3.8, 4) is 11.1 Å². The zero-order valence-electron chi connectivity index (χ0n) is 15.2. The Morgan fingerprint density at radius 1 is 1.11 bits per heavy atom. The van der Waals surface area contributed by atoms with Crippen LogP contribution in [0.15, 0.2) is 73.1 Å². The molecule has 0 aliphatic rings. The molecule has 138 valence electrons. The van der Waals surface area contributed by atoms with Crippen molar-refractivity contribution in [2.24, 2.45) is 0 Å². The van der Waals surface area contributed by atoms with Crippen molar-refractivity contribution >= 4 is 40.3 Å². The summed E-state index contributed by atoms with van der Waals surface area (Å²) in [7, 11) is 0. The number of hydrogen-bond donors (Lipinski definition) is 2. The molecule has 0 radical (unpaired) electrons. The summed E-state index contributed by atoms with van der Waals surface area (Å²) >= 11 is 6.10. The maximum absolute atomic E-state index is 12.2. The molecule has 0 bridgehead atoms. The van der Waals surface area contributed by atoms with Crippen LogP contribution >= 0.6 is 11.6 Å². The van der Waals surface area contributed by atoms with Gasteiger partial charge in [0.15, 0.2) is 0 Å². The van der Waals surface area contributed by atoms with E-state index in [0.29, 0.717) is 10.7 Å². The number of fused-ring (bicyclic) bond motifs is 1. The van der Waals surface area contributed by atoms with Gasteiger partial charge in [0.25, 0.3) is 0 Å². The molecule has 2 aromatic carbocycles. The Morgan fingerprint density at radius 2 is 2.00 bits per heavy atom. The minimum Gasteiger partial charge on any atom is -0.346 e. The molecule has 1 amide bonds. The van der Waals surface area contributed by atoms with Crippen LogP contribution in [0.5, 0.6) is 0 Å². The summed E-state index contributed by atoms with van der Waals surface area (Å²) in [4.78, 5) is 19.7. The summed E-state index contributed by atoms with van der Waals surface area (Å²) < 4.78 is 0. The maximum atomic E-state index is 12.2. The van der Waals surface area contributed by atoms with Crippen LogP contribution < -0.4 is 5.32 Å². The van der Waals surface area contributed by atoms with Crippen molar-refractivity contribution in [3.05, 3.63) is 89.2 Å². The molecular weight excluding hydrogens is 370 g/mol. The quantitative estimate of drug-likeness (QED) is 0.432. The monoisotopic (exact) mass is 387 g/mol. The normalized spacial score (nSPS) is 11.2. The van der Waals surface area contributed by atoms with Gasteiger partial charge in [-0.25, -0.2) is 4.98 Å². The first-order chi connectivity index (χ1) is 13.6. The number of benzene rings is 2. The fourth-order valence-electron chi connectivity index (χ4n) is 2.95. The predicted octanol–water partition coefficient (Wildman–Crippen LogP) is 5.84. The number of rotatable bonds is 4. The Labute approximate surface area is 167 Å². The Morgan fingerprint density at radius 3 is 2.86 bits per heavy atom. The molecule has 0 atom stereocenters. The van der Waals surface area contributed by atoms with Gasteiger partial charge in [0.1, 0.15) is 5.65 Å². The molecule has 4 nitrogen and oxygen atoms in total. The number of pyridine rings is 1. The maximum Gasteiger partial charge on any atom is 0.248 e. The molecule has 0 fully saturated rings. The van der Waals surface area contributed by atoms with Crippen LogP contribution in [-0.2, 0) is 4.79 Å². The van der Waals surface area contributed by atoms with E-state index in [1.807, 2.05) is 61.8 Å². The lowest BCUT2D eigenvalue weighted by Gasteiger charge is -2.05. The van der Waals surface area contributed by atoms with Crippen LogP contribution in [0.4, 0.5) is 5.69 Å². The number of H-pyrrole nitrogens is 1. The number of aromatic amines is 1. The molecule has 0 saturated carbocycles. The van der Waals surface area contributed by atoms with Crippen molar-refractivity contribution in [2.75, 3.05) is 5.32 Å². The van der Waals surface area contributed by atoms with Gasteiger partial charge in [-0.3, -0.25) is 4.79 Å². The smallest absolute Gasteiger partial charge is 0.248 e. The van der Waals surface area contributed by atoms with Gasteiger partial charge >= 0.3 is 0 Å². The number of aromatic nitrogens is 2. The van der Waals surface area contributed by atoms with Crippen LogP contribution in [-0.4, -0.2) is 15.9 Å². The van der Waals surface area contributed by atoms with E-state index in [2.05, 4.69) is 21.4 Å². The second-order valence-electron chi connectivity index (χ2n) is 6.55. The van der Waals surface area contributed by atoms with Crippen LogP contribution in [0, 0.1) is 6.92 Å². The molecule has 0 aliphatic heterocycles. The van der Waals surface area contributed by atoms with Crippen LogP contribution in [0.25, 0.3) is 28.2 Å². The summed E-state index contributed by atoms with van der Waals surface area (Å²) in [5, 5.41) is 4.51. The third-order valence-electron chi connectivity index (χ3n) is 4.49. The number of anilines is 1. The highest BCUT2D eigenvalue weighted by atomic mass is 35.5. The summed E-state index contributed by atoms with van der Waals surface area (Å²) in [5.41, 5.74) is 5.52. The standard InChI is InChI=1S/C23H18ClN3O/c1-15-5-7-20(13-21(15)24)27-22(28)8-6-16-3-2-4-17(11-16)19-12-18-9-10-25-23(18)26-14-19/h2-14H,1H3,(H,25,26)(H,27,28). The fraction of sp³-hybridized carbons (Fsp3) is 0.0435. The molecule has 4 rings (SSSR count). The average molecular weight is 388 g/mol. The number of nitrogens with one attached hydrogen (secondary N) is 2. The number of halogens is 1. The Hall–Kier alpha value is -3.37. The molecule has 4 aromatic rings. The van der Waals surface area contributed by atoms with Crippen molar-refractivity contribution in [1.29, 1.82) is 0 Å². The minimum absolute atomic E-state index is 0.208. The third-order valence-corrected chi connectivity index (χ3v) is 4.89. The van der Waals surface area contributed by atoms with E-state index in [-0.39, 0.29) is 5.91 Å². The Balaban J connectivity index is 1.50. The van der Waals surface area contributed by atoms with Gasteiger partial charge in [0.2, 0.25) is 5.91 Å². The first-order valence-electron chi connectivity index (χ1n) is 8.87. The van der Waals surface area contributed by atoms with E-state index in [1.54, 1.807) is 12.1 Å². The van der Waals surface area contributed by atoms with Gasteiger partial charge in [-0.2, -0.15) is 0 Å². The van der Waals surface area contributed by atoms with Crippen molar-refractivity contribution in [1.82, 2.24) is 9.97 Å². The van der Waals surface area contributed by atoms with E-state index < -0.39 is 0 Å². The lowest BCUT2D eigenvalue weighted by atomic mass is 10.0. The lowest BCUT2D eigenvalue weighted by Crippen LogP contribution is -2.07. The molecule has 28 heavy (non-hydrogen) atoms. The molecule has 2 aromatic heterocycles. The van der Waals surface area contributed by atoms with Crippen molar-refractivity contribution in [3.63, 3.8) is 0 Å². The molecule has 2 heterocycles. The summed E-state index contributed by atoms with van der Waals surface area (Å²) in [6.45, 7) is 1.92. The summed E-state index contributed by atoms with van der Waals surface area (Å²) in [5.74, 6) is -0.208. The average Bonchev–Trinajstić information content (AvgIpc) is 3.17. The molecule has 0 saturated heterocycles. The first kappa shape index (κ1) is 18.0. The van der Waals surface area contributed by atoms with Gasteiger partial charge < -0.3 is 10.3 Å². The van der Waals surface area contributed by atoms with E-state index in [4.69, 9.17) is 11.6 Å². The van der Waals surface area contributed by atoms with Crippen LogP contribution in [0.2, 0.25) is 5.02 Å². The van der Waals surface area contributed by atoms with Crippen molar-refractivity contribution in [2.45, 2.75) is 6.92 Å². The highest BCUT2D eigenvalue weighted by Gasteiger charge is 2.03. The second-order valence-corrected chi connectivity index (χ2v) is 6.96. The van der Waals surface area contributed by atoms with Gasteiger partial charge in [-0.15, -0.1) is 0 Å². The fourth-order valence-corrected chi connectivity index (χ4v) is 3.13. The number of nitrogens with zero attached hydrogens (tertiary/aromatic N) is 1.